The van der Waals surface area contributed by atoms with Gasteiger partial charge in [-0.3, -0.25) is 19.4 Å². The second-order valence-electron chi connectivity index (χ2n) is 10.2. The van der Waals surface area contributed by atoms with Gasteiger partial charge < -0.3 is 25.0 Å². The Hall–Kier alpha value is -2.85. The minimum Gasteiger partial charge on any atom is -0.454 e. The van der Waals surface area contributed by atoms with Crippen LogP contribution in [-0.2, 0) is 16.1 Å². The van der Waals surface area contributed by atoms with Gasteiger partial charge in [-0.2, -0.15) is 0 Å². The Morgan fingerprint density at radius 1 is 1.09 bits per heavy atom. The van der Waals surface area contributed by atoms with E-state index >= 15 is 0 Å². The number of carbonyl (C=O) groups is 3. The average molecular weight is 486 g/mol. The molecule has 1 atom stereocenters. The van der Waals surface area contributed by atoms with Gasteiger partial charge in [0.2, 0.25) is 12.7 Å². The van der Waals surface area contributed by atoms with Crippen LogP contribution < -0.4 is 20.1 Å². The zero-order chi connectivity index (χ0) is 24.4. The number of rotatable bonds is 7. The number of ether oxygens (including phenoxy) is 2. The van der Waals surface area contributed by atoms with Gasteiger partial charge >= 0.3 is 6.03 Å². The second kappa shape index (κ2) is 10.0. The Bertz CT molecular complexity index is 971. The molecule has 0 radical (unpaired) electrons. The van der Waals surface area contributed by atoms with E-state index in [2.05, 4.69) is 27.5 Å². The van der Waals surface area contributed by atoms with Crippen molar-refractivity contribution < 1.29 is 23.9 Å². The molecule has 35 heavy (non-hydrogen) atoms. The van der Waals surface area contributed by atoms with E-state index in [1.165, 1.54) is 19.3 Å². The Balaban J connectivity index is 1.16. The fourth-order valence-electron chi connectivity index (χ4n) is 5.70. The van der Waals surface area contributed by atoms with Crippen LogP contribution in [0.4, 0.5) is 4.79 Å². The smallest absolute Gasteiger partial charge is 0.325 e. The summed E-state index contributed by atoms with van der Waals surface area (Å²) in [4.78, 5) is 44.4. The molecule has 1 saturated carbocycles. The highest BCUT2D eigenvalue weighted by Crippen LogP contribution is 2.34. The minimum absolute atomic E-state index is 0.0104. The standard InChI is InChI=1S/C25H35N5O5/c1-28-9-11-29(12-10-28)25(7-3-2-4-8-25)16-26-22(31)14-19-23(32)30(24(33)27-19)15-18-5-6-20-21(13-18)35-17-34-20/h5-6,13,19H,2-4,7-12,14-17H2,1H3,(H,26,31)(H,27,33). The lowest BCUT2D eigenvalue weighted by Crippen LogP contribution is -2.61. The van der Waals surface area contributed by atoms with Crippen molar-refractivity contribution in [1.29, 1.82) is 0 Å². The molecule has 190 valence electrons. The predicted octanol–water partition coefficient (Wildman–Crippen LogP) is 1.29. The molecular weight excluding hydrogens is 450 g/mol. The molecule has 4 amide bonds. The van der Waals surface area contributed by atoms with E-state index < -0.39 is 12.1 Å². The van der Waals surface area contributed by atoms with Crippen LogP contribution in [0.15, 0.2) is 18.2 Å². The van der Waals surface area contributed by atoms with Crippen LogP contribution in [0.25, 0.3) is 0 Å². The number of amides is 4. The highest BCUT2D eigenvalue weighted by atomic mass is 16.7. The fourth-order valence-corrected chi connectivity index (χ4v) is 5.70. The average Bonchev–Trinajstić information content (AvgIpc) is 3.43. The molecule has 10 heteroatoms. The molecule has 0 spiro atoms. The molecule has 2 N–H and O–H groups in total. The van der Waals surface area contributed by atoms with Crippen molar-refractivity contribution in [1.82, 2.24) is 25.3 Å². The molecule has 1 aromatic rings. The molecule has 2 saturated heterocycles. The molecule has 5 rings (SSSR count). The Labute approximate surface area is 205 Å². The largest absolute Gasteiger partial charge is 0.454 e. The van der Waals surface area contributed by atoms with Crippen molar-refractivity contribution in [2.45, 2.75) is 56.7 Å². The van der Waals surface area contributed by atoms with Gasteiger partial charge in [0, 0.05) is 38.3 Å². The van der Waals surface area contributed by atoms with Crippen molar-refractivity contribution >= 4 is 17.8 Å². The van der Waals surface area contributed by atoms with Crippen LogP contribution in [0.5, 0.6) is 11.5 Å². The van der Waals surface area contributed by atoms with Crippen molar-refractivity contribution in [2.75, 3.05) is 46.6 Å². The Morgan fingerprint density at radius 3 is 2.60 bits per heavy atom. The van der Waals surface area contributed by atoms with Crippen molar-refractivity contribution in [3.8, 4) is 11.5 Å². The van der Waals surface area contributed by atoms with Crippen LogP contribution in [0.3, 0.4) is 0 Å². The maximum absolute atomic E-state index is 12.9. The first-order chi connectivity index (χ1) is 16.9. The van der Waals surface area contributed by atoms with Crippen LogP contribution in [-0.4, -0.2) is 90.7 Å². The monoisotopic (exact) mass is 485 g/mol. The normalized spacial score (nSPS) is 24.5. The van der Waals surface area contributed by atoms with Gasteiger partial charge in [0.25, 0.3) is 5.91 Å². The predicted molar refractivity (Wildman–Crippen MR) is 128 cm³/mol. The molecule has 1 aromatic carbocycles. The lowest BCUT2D eigenvalue weighted by atomic mass is 9.79. The Morgan fingerprint density at radius 2 is 1.83 bits per heavy atom. The van der Waals surface area contributed by atoms with Crippen molar-refractivity contribution in [3.63, 3.8) is 0 Å². The summed E-state index contributed by atoms with van der Waals surface area (Å²) < 4.78 is 10.7. The molecule has 0 bridgehead atoms. The number of carbonyl (C=O) groups excluding carboxylic acids is 3. The lowest BCUT2D eigenvalue weighted by Gasteiger charge is -2.49. The summed E-state index contributed by atoms with van der Waals surface area (Å²) in [5.41, 5.74) is 0.748. The number of likely N-dealkylation sites (N-methyl/N-ethyl adjacent to an activating group) is 1. The quantitative estimate of drug-likeness (QED) is 0.561. The number of fused-ring (bicyclic) bond motifs is 1. The van der Waals surface area contributed by atoms with Gasteiger partial charge in [-0.15, -0.1) is 0 Å². The number of nitrogens with zero attached hydrogens (tertiary/aromatic N) is 3. The maximum Gasteiger partial charge on any atom is 0.325 e. The first kappa shape index (κ1) is 23.9. The fraction of sp³-hybridized carbons (Fsp3) is 0.640. The zero-order valence-electron chi connectivity index (χ0n) is 20.4. The van der Waals surface area contributed by atoms with Crippen LogP contribution in [0, 0.1) is 0 Å². The third-order valence-electron chi connectivity index (χ3n) is 7.85. The number of hydrogen-bond donors (Lipinski definition) is 2. The molecule has 1 unspecified atom stereocenters. The van der Waals surface area contributed by atoms with Crippen LogP contribution in [0.2, 0.25) is 0 Å². The molecule has 3 aliphatic heterocycles. The molecular formula is C25H35N5O5. The van der Waals surface area contributed by atoms with Gasteiger partial charge in [-0.25, -0.2) is 4.79 Å². The number of nitrogens with one attached hydrogen (secondary N) is 2. The van der Waals surface area contributed by atoms with E-state index in [0.717, 1.165) is 49.5 Å². The number of hydrogen-bond acceptors (Lipinski definition) is 7. The summed E-state index contributed by atoms with van der Waals surface area (Å²) in [6.45, 7) is 4.97. The number of urea groups is 1. The van der Waals surface area contributed by atoms with E-state index in [0.29, 0.717) is 18.0 Å². The molecule has 3 fully saturated rings. The summed E-state index contributed by atoms with van der Waals surface area (Å²) >= 11 is 0. The lowest BCUT2D eigenvalue weighted by molar-refractivity contribution is -0.131. The summed E-state index contributed by atoms with van der Waals surface area (Å²) in [6, 6.07) is 4.01. The minimum atomic E-state index is -0.845. The van der Waals surface area contributed by atoms with Crippen molar-refractivity contribution in [2.24, 2.45) is 0 Å². The zero-order valence-corrected chi connectivity index (χ0v) is 20.4. The molecule has 1 aliphatic carbocycles. The number of benzene rings is 1. The van der Waals surface area contributed by atoms with E-state index in [1.807, 2.05) is 0 Å². The molecule has 10 nitrogen and oxygen atoms in total. The Kier molecular flexibility index (Phi) is 6.84. The van der Waals surface area contributed by atoms with E-state index in [9.17, 15) is 14.4 Å². The first-order valence-corrected chi connectivity index (χ1v) is 12.6. The van der Waals surface area contributed by atoms with Gasteiger partial charge in [0.15, 0.2) is 11.5 Å². The van der Waals surface area contributed by atoms with Crippen LogP contribution in [0.1, 0.15) is 44.1 Å². The van der Waals surface area contributed by atoms with Gasteiger partial charge in [-0.1, -0.05) is 25.3 Å². The number of piperazine rings is 1. The highest BCUT2D eigenvalue weighted by molar-refractivity contribution is 6.05. The summed E-state index contributed by atoms with van der Waals surface area (Å²) in [7, 11) is 2.15. The molecule has 4 aliphatic rings. The number of imide groups is 1. The second-order valence-corrected chi connectivity index (χ2v) is 10.2. The summed E-state index contributed by atoms with van der Waals surface area (Å²) in [6.07, 6.45) is 5.70. The van der Waals surface area contributed by atoms with E-state index in [4.69, 9.17) is 9.47 Å². The van der Waals surface area contributed by atoms with E-state index in [-0.39, 0.29) is 37.1 Å². The third kappa shape index (κ3) is 5.08. The maximum atomic E-state index is 12.9. The van der Waals surface area contributed by atoms with Gasteiger partial charge in [0.05, 0.1) is 13.0 Å². The van der Waals surface area contributed by atoms with Gasteiger partial charge in [0.1, 0.15) is 6.04 Å². The van der Waals surface area contributed by atoms with E-state index in [1.54, 1.807) is 18.2 Å². The molecule has 3 heterocycles. The van der Waals surface area contributed by atoms with Gasteiger partial charge in [-0.05, 0) is 37.6 Å². The third-order valence-corrected chi connectivity index (χ3v) is 7.85. The topological polar surface area (TPSA) is 103 Å². The highest BCUT2D eigenvalue weighted by Gasteiger charge is 2.41. The summed E-state index contributed by atoms with van der Waals surface area (Å²) in [5, 5.41) is 5.79. The summed E-state index contributed by atoms with van der Waals surface area (Å²) in [5.74, 6) is 0.664. The van der Waals surface area contributed by atoms with Crippen molar-refractivity contribution in [3.05, 3.63) is 23.8 Å². The molecule has 0 aromatic heterocycles. The SMILES string of the molecule is CN1CCN(C2(CNC(=O)CC3NC(=O)N(Cc4ccc5c(c4)OCO5)C3=O)CCCCC2)CC1. The van der Waals surface area contributed by atoms with Crippen LogP contribution >= 0.6 is 0 Å². The first-order valence-electron chi connectivity index (χ1n) is 12.6.